The molecule has 1 aromatic heterocycles. The molecule has 0 spiro atoms. The number of furan rings is 1. The Morgan fingerprint density at radius 3 is 2.30 bits per heavy atom. The molecular weight excluding hydrogens is 362 g/mol. The highest BCUT2D eigenvalue weighted by molar-refractivity contribution is 7.80. The van der Waals surface area contributed by atoms with Crippen LogP contribution in [0.5, 0.6) is 0 Å². The van der Waals surface area contributed by atoms with Crippen LogP contribution in [0.15, 0.2) is 77.4 Å². The first-order chi connectivity index (χ1) is 13.1. The van der Waals surface area contributed by atoms with E-state index >= 15 is 0 Å². The molecule has 0 saturated heterocycles. The number of hydrogen-bond acceptors (Lipinski definition) is 4. The molecule has 136 valence electrons. The van der Waals surface area contributed by atoms with Crippen LogP contribution in [0.1, 0.15) is 26.5 Å². The summed E-state index contributed by atoms with van der Waals surface area (Å²) in [6.45, 7) is 0.461. The van der Waals surface area contributed by atoms with Gasteiger partial charge in [0.05, 0.1) is 6.26 Å². The molecule has 0 saturated carbocycles. The lowest BCUT2D eigenvalue weighted by Gasteiger charge is -2.10. The molecule has 1 heterocycles. The first-order valence-corrected chi connectivity index (χ1v) is 8.60. The highest BCUT2D eigenvalue weighted by Crippen LogP contribution is 2.10. The maximum Gasteiger partial charge on any atom is 0.293 e. The van der Waals surface area contributed by atoms with Crippen molar-refractivity contribution in [1.29, 1.82) is 0 Å². The van der Waals surface area contributed by atoms with Crippen LogP contribution in [-0.2, 0) is 6.54 Å². The lowest BCUT2D eigenvalue weighted by Crippen LogP contribution is -2.33. The van der Waals surface area contributed by atoms with Crippen LogP contribution in [-0.4, -0.2) is 16.9 Å². The Hall–Kier alpha value is -3.45. The summed E-state index contributed by atoms with van der Waals surface area (Å²) in [6.07, 6.45) is 1.41. The van der Waals surface area contributed by atoms with Crippen molar-refractivity contribution in [2.45, 2.75) is 6.54 Å². The van der Waals surface area contributed by atoms with E-state index in [4.69, 9.17) is 16.6 Å². The molecule has 2 amide bonds. The number of anilines is 1. The van der Waals surface area contributed by atoms with Crippen LogP contribution in [0.2, 0.25) is 0 Å². The van der Waals surface area contributed by atoms with Crippen LogP contribution in [0.4, 0.5) is 5.69 Å². The van der Waals surface area contributed by atoms with Crippen molar-refractivity contribution < 1.29 is 14.0 Å². The van der Waals surface area contributed by atoms with Crippen molar-refractivity contribution >= 4 is 34.8 Å². The number of thiocarbonyl (C=S) groups is 1. The van der Waals surface area contributed by atoms with Crippen LogP contribution < -0.4 is 16.0 Å². The third-order valence-electron chi connectivity index (χ3n) is 3.67. The maximum atomic E-state index is 12.2. The van der Waals surface area contributed by atoms with Crippen molar-refractivity contribution in [3.05, 3.63) is 89.9 Å². The zero-order valence-corrected chi connectivity index (χ0v) is 15.1. The maximum absolute atomic E-state index is 12.2. The van der Waals surface area contributed by atoms with Crippen LogP contribution in [0.3, 0.4) is 0 Å². The van der Waals surface area contributed by atoms with E-state index in [2.05, 4.69) is 16.0 Å². The second-order valence-corrected chi connectivity index (χ2v) is 6.04. The van der Waals surface area contributed by atoms with Gasteiger partial charge in [0, 0.05) is 17.8 Å². The van der Waals surface area contributed by atoms with Gasteiger partial charge in [-0.15, -0.1) is 0 Å². The highest BCUT2D eigenvalue weighted by Gasteiger charge is 2.11. The molecule has 0 aliphatic rings. The predicted octanol–water partition coefficient (Wildman–Crippen LogP) is 3.34. The zero-order valence-electron chi connectivity index (χ0n) is 14.3. The number of rotatable bonds is 5. The normalized spacial score (nSPS) is 10.1. The molecule has 0 aliphatic heterocycles. The quantitative estimate of drug-likeness (QED) is 0.592. The minimum atomic E-state index is -0.436. The molecule has 0 radical (unpaired) electrons. The van der Waals surface area contributed by atoms with E-state index in [1.54, 1.807) is 36.4 Å². The molecule has 0 unspecified atom stereocenters. The summed E-state index contributed by atoms with van der Waals surface area (Å²) in [7, 11) is 0. The van der Waals surface area contributed by atoms with Crippen molar-refractivity contribution in [2.75, 3.05) is 5.32 Å². The van der Waals surface area contributed by atoms with Gasteiger partial charge in [0.15, 0.2) is 10.9 Å². The predicted molar refractivity (Wildman–Crippen MR) is 106 cm³/mol. The number of hydrogen-bond donors (Lipinski definition) is 3. The van der Waals surface area contributed by atoms with Gasteiger partial charge in [-0.1, -0.05) is 30.3 Å². The van der Waals surface area contributed by atoms with E-state index in [-0.39, 0.29) is 16.8 Å². The SMILES string of the molecule is O=C(NCc1ccccc1)c1ccc(NC(=S)NC(=O)c2ccco2)cc1. The standard InChI is InChI=1S/C20H17N3O3S/c24-18(21-13-14-5-2-1-3-6-14)15-8-10-16(11-9-15)22-20(27)23-19(25)17-7-4-12-26-17/h1-12H,13H2,(H,21,24)(H2,22,23,25,27). The molecule has 0 aliphatic carbocycles. The minimum absolute atomic E-state index is 0.137. The minimum Gasteiger partial charge on any atom is -0.459 e. The lowest BCUT2D eigenvalue weighted by atomic mass is 10.2. The molecular formula is C20H17N3O3S. The molecule has 0 fully saturated rings. The number of carbonyl (C=O) groups excluding carboxylic acids is 2. The smallest absolute Gasteiger partial charge is 0.293 e. The fraction of sp³-hybridized carbons (Fsp3) is 0.0500. The van der Waals surface area contributed by atoms with Gasteiger partial charge in [-0.2, -0.15) is 0 Å². The number of carbonyl (C=O) groups is 2. The van der Waals surface area contributed by atoms with Gasteiger partial charge in [-0.05, 0) is 54.2 Å². The molecule has 2 aromatic carbocycles. The topological polar surface area (TPSA) is 83.4 Å². The Labute approximate surface area is 161 Å². The van der Waals surface area contributed by atoms with Gasteiger partial charge < -0.3 is 15.1 Å². The average Bonchev–Trinajstić information content (AvgIpc) is 3.22. The largest absolute Gasteiger partial charge is 0.459 e. The third-order valence-corrected chi connectivity index (χ3v) is 3.88. The Morgan fingerprint density at radius 1 is 0.889 bits per heavy atom. The van der Waals surface area contributed by atoms with Gasteiger partial charge in [0.25, 0.3) is 11.8 Å². The lowest BCUT2D eigenvalue weighted by molar-refractivity contribution is 0.0943. The van der Waals surface area contributed by atoms with Crippen LogP contribution in [0.25, 0.3) is 0 Å². The van der Waals surface area contributed by atoms with Gasteiger partial charge in [0.1, 0.15) is 0 Å². The molecule has 3 aromatic rings. The summed E-state index contributed by atoms with van der Waals surface area (Å²) in [5, 5.41) is 8.40. The molecule has 3 N–H and O–H groups in total. The van der Waals surface area contributed by atoms with Crippen LogP contribution >= 0.6 is 12.2 Å². The van der Waals surface area contributed by atoms with Gasteiger partial charge in [-0.3, -0.25) is 14.9 Å². The molecule has 7 heteroatoms. The van der Waals surface area contributed by atoms with E-state index < -0.39 is 5.91 Å². The molecule has 27 heavy (non-hydrogen) atoms. The summed E-state index contributed by atoms with van der Waals surface area (Å²) >= 11 is 5.10. The zero-order chi connectivity index (χ0) is 19.1. The van der Waals surface area contributed by atoms with Crippen molar-refractivity contribution in [1.82, 2.24) is 10.6 Å². The molecule has 0 atom stereocenters. The molecule has 0 bridgehead atoms. The average molecular weight is 379 g/mol. The Bertz CT molecular complexity index is 923. The van der Waals surface area contributed by atoms with E-state index in [0.29, 0.717) is 17.8 Å². The van der Waals surface area contributed by atoms with Gasteiger partial charge in [0.2, 0.25) is 0 Å². The van der Waals surface area contributed by atoms with Gasteiger partial charge >= 0.3 is 0 Å². The third kappa shape index (κ3) is 5.26. The Kier molecular flexibility index (Phi) is 5.96. The van der Waals surface area contributed by atoms with Crippen molar-refractivity contribution in [3.63, 3.8) is 0 Å². The van der Waals surface area contributed by atoms with E-state index in [1.165, 1.54) is 6.26 Å². The highest BCUT2D eigenvalue weighted by atomic mass is 32.1. The summed E-state index contributed by atoms with van der Waals surface area (Å²) in [5.41, 5.74) is 2.21. The first-order valence-electron chi connectivity index (χ1n) is 8.20. The number of nitrogens with one attached hydrogen (secondary N) is 3. The summed E-state index contributed by atoms with van der Waals surface area (Å²) < 4.78 is 5.00. The summed E-state index contributed by atoms with van der Waals surface area (Å²) in [4.78, 5) is 24.1. The second-order valence-electron chi connectivity index (χ2n) is 5.63. The van der Waals surface area contributed by atoms with Crippen molar-refractivity contribution in [3.8, 4) is 0 Å². The van der Waals surface area contributed by atoms with E-state index in [1.807, 2.05) is 30.3 Å². The van der Waals surface area contributed by atoms with E-state index in [9.17, 15) is 9.59 Å². The number of amides is 2. The Balaban J connectivity index is 1.51. The van der Waals surface area contributed by atoms with Gasteiger partial charge in [-0.25, -0.2) is 0 Å². The summed E-state index contributed by atoms with van der Waals surface area (Å²) in [6, 6.07) is 19.6. The fourth-order valence-electron chi connectivity index (χ4n) is 2.32. The fourth-order valence-corrected chi connectivity index (χ4v) is 2.53. The second kappa shape index (κ2) is 8.77. The van der Waals surface area contributed by atoms with E-state index in [0.717, 1.165) is 5.56 Å². The van der Waals surface area contributed by atoms with Crippen molar-refractivity contribution in [2.24, 2.45) is 0 Å². The Morgan fingerprint density at radius 2 is 1.63 bits per heavy atom. The number of benzene rings is 2. The van der Waals surface area contributed by atoms with Crippen LogP contribution in [0, 0.1) is 0 Å². The summed E-state index contributed by atoms with van der Waals surface area (Å²) in [5.74, 6) is -0.432. The monoisotopic (exact) mass is 379 g/mol. The first kappa shape index (κ1) is 18.3. The molecule has 6 nitrogen and oxygen atoms in total. The molecule has 3 rings (SSSR count).